The molecule has 0 aliphatic carbocycles. The number of thiophene rings is 1. The summed E-state index contributed by atoms with van der Waals surface area (Å²) in [6.45, 7) is 9.10. The zero-order valence-corrected chi connectivity index (χ0v) is 10.7. The van der Waals surface area contributed by atoms with Gasteiger partial charge in [0.15, 0.2) is 0 Å². The molecule has 1 rings (SSSR count). The fraction of sp³-hybridized carbons (Fsp3) is 0.667. The second-order valence-electron chi connectivity index (χ2n) is 3.67. The predicted molar refractivity (Wildman–Crippen MR) is 66.6 cm³/mol. The van der Waals surface area contributed by atoms with Crippen molar-refractivity contribution in [3.8, 4) is 0 Å². The molecule has 0 radical (unpaired) electrons. The Labute approximate surface area is 96.7 Å². The molecule has 0 aliphatic heterocycles. The van der Waals surface area contributed by atoms with Crippen LogP contribution in [0.3, 0.4) is 0 Å². The molecular weight excluding hydrogens is 206 g/mol. The first-order valence-electron chi connectivity index (χ1n) is 5.61. The van der Waals surface area contributed by atoms with Crippen LogP contribution in [0.5, 0.6) is 0 Å². The molecule has 0 bridgehead atoms. The Morgan fingerprint density at radius 3 is 2.87 bits per heavy atom. The summed E-state index contributed by atoms with van der Waals surface area (Å²) in [5.41, 5.74) is 0. The number of hydrogen-bond donors (Lipinski definition) is 1. The minimum absolute atomic E-state index is 0.463. The quantitative estimate of drug-likeness (QED) is 0.723. The molecule has 0 saturated heterocycles. The molecule has 1 atom stereocenters. The third-order valence-electron chi connectivity index (χ3n) is 2.31. The average molecular weight is 227 g/mol. The van der Waals surface area contributed by atoms with Gasteiger partial charge in [0.2, 0.25) is 0 Å². The molecule has 0 spiro atoms. The van der Waals surface area contributed by atoms with E-state index in [1.165, 1.54) is 9.75 Å². The normalized spacial score (nSPS) is 13.0. The van der Waals surface area contributed by atoms with Crippen LogP contribution in [0.15, 0.2) is 12.1 Å². The highest BCUT2D eigenvalue weighted by atomic mass is 32.1. The van der Waals surface area contributed by atoms with Crippen molar-refractivity contribution < 1.29 is 4.74 Å². The van der Waals surface area contributed by atoms with Gasteiger partial charge >= 0.3 is 0 Å². The zero-order valence-electron chi connectivity index (χ0n) is 9.88. The van der Waals surface area contributed by atoms with Gasteiger partial charge in [-0.3, -0.25) is 0 Å². The van der Waals surface area contributed by atoms with Crippen molar-refractivity contribution in [3.05, 3.63) is 21.9 Å². The lowest BCUT2D eigenvalue weighted by Crippen LogP contribution is -2.20. The van der Waals surface area contributed by atoms with Crippen LogP contribution in [0.2, 0.25) is 0 Å². The molecule has 3 heteroatoms. The molecule has 1 aromatic rings. The van der Waals surface area contributed by atoms with Crippen LogP contribution in [-0.2, 0) is 4.74 Å². The molecule has 0 fully saturated rings. The first kappa shape index (κ1) is 12.7. The van der Waals surface area contributed by atoms with Crippen LogP contribution in [-0.4, -0.2) is 19.8 Å². The molecule has 0 aliphatic rings. The van der Waals surface area contributed by atoms with E-state index in [4.69, 9.17) is 4.74 Å². The van der Waals surface area contributed by atoms with E-state index < -0.39 is 0 Å². The maximum Gasteiger partial charge on any atom is 0.0477 e. The van der Waals surface area contributed by atoms with Gasteiger partial charge in [0.1, 0.15) is 0 Å². The number of ether oxygens (including phenoxy) is 1. The minimum Gasteiger partial charge on any atom is -0.382 e. The summed E-state index contributed by atoms with van der Waals surface area (Å²) in [5.74, 6) is 0. The van der Waals surface area contributed by atoms with E-state index in [2.05, 4.69) is 31.3 Å². The number of nitrogens with one attached hydrogen (secondary N) is 1. The Hall–Kier alpha value is -0.380. The molecule has 2 nitrogen and oxygen atoms in total. The largest absolute Gasteiger partial charge is 0.382 e. The second kappa shape index (κ2) is 6.99. The summed E-state index contributed by atoms with van der Waals surface area (Å²) in [6, 6.07) is 4.85. The van der Waals surface area contributed by atoms with E-state index in [0.717, 1.165) is 26.2 Å². The number of rotatable bonds is 7. The maximum atomic E-state index is 5.29. The first-order chi connectivity index (χ1) is 7.24. The van der Waals surface area contributed by atoms with Crippen molar-refractivity contribution in [2.24, 2.45) is 0 Å². The lowest BCUT2D eigenvalue weighted by molar-refractivity contribution is 0.144. The van der Waals surface area contributed by atoms with E-state index in [9.17, 15) is 0 Å². The van der Waals surface area contributed by atoms with Gasteiger partial charge in [-0.05, 0) is 45.9 Å². The van der Waals surface area contributed by atoms with Crippen LogP contribution >= 0.6 is 11.3 Å². The fourth-order valence-electron chi connectivity index (χ4n) is 1.42. The molecule has 1 unspecified atom stereocenters. The van der Waals surface area contributed by atoms with E-state index in [0.29, 0.717) is 6.04 Å². The highest BCUT2D eigenvalue weighted by Crippen LogP contribution is 2.21. The van der Waals surface area contributed by atoms with Crippen molar-refractivity contribution in [2.45, 2.75) is 33.2 Å². The van der Waals surface area contributed by atoms with Crippen molar-refractivity contribution in [1.82, 2.24) is 5.32 Å². The Morgan fingerprint density at radius 1 is 1.47 bits per heavy atom. The van der Waals surface area contributed by atoms with Crippen molar-refractivity contribution in [1.29, 1.82) is 0 Å². The molecule has 0 saturated carbocycles. The van der Waals surface area contributed by atoms with Crippen molar-refractivity contribution in [3.63, 3.8) is 0 Å². The average Bonchev–Trinajstić information content (AvgIpc) is 2.64. The SMILES string of the molecule is CCOCCCNC(C)c1ccc(C)s1. The van der Waals surface area contributed by atoms with E-state index in [1.807, 2.05) is 18.3 Å². The predicted octanol–water partition coefficient (Wildman–Crippen LogP) is 3.13. The first-order valence-corrected chi connectivity index (χ1v) is 6.43. The molecule has 0 amide bonds. The summed E-state index contributed by atoms with van der Waals surface area (Å²) in [6.07, 6.45) is 1.09. The zero-order chi connectivity index (χ0) is 11.1. The monoisotopic (exact) mass is 227 g/mol. The van der Waals surface area contributed by atoms with Gasteiger partial charge in [-0.15, -0.1) is 11.3 Å². The van der Waals surface area contributed by atoms with Gasteiger partial charge in [0, 0.05) is 29.0 Å². The van der Waals surface area contributed by atoms with E-state index in [-0.39, 0.29) is 0 Å². The summed E-state index contributed by atoms with van der Waals surface area (Å²) < 4.78 is 5.29. The Bertz CT molecular complexity index is 272. The van der Waals surface area contributed by atoms with Gasteiger partial charge in [-0.2, -0.15) is 0 Å². The molecule has 86 valence electrons. The summed E-state index contributed by atoms with van der Waals surface area (Å²) >= 11 is 1.87. The Balaban J connectivity index is 2.16. The summed E-state index contributed by atoms with van der Waals surface area (Å²) in [4.78, 5) is 2.80. The van der Waals surface area contributed by atoms with Crippen LogP contribution < -0.4 is 5.32 Å². The summed E-state index contributed by atoms with van der Waals surface area (Å²) in [7, 11) is 0. The Kier molecular flexibility index (Phi) is 5.91. The fourth-order valence-corrected chi connectivity index (χ4v) is 2.33. The van der Waals surface area contributed by atoms with E-state index >= 15 is 0 Å². The van der Waals surface area contributed by atoms with Crippen molar-refractivity contribution in [2.75, 3.05) is 19.8 Å². The third kappa shape index (κ3) is 4.78. The molecule has 1 aromatic heterocycles. The lowest BCUT2D eigenvalue weighted by atomic mass is 10.2. The van der Waals surface area contributed by atoms with Crippen molar-refractivity contribution >= 4 is 11.3 Å². The molecule has 1 heterocycles. The van der Waals surface area contributed by atoms with Crippen LogP contribution in [0, 0.1) is 6.92 Å². The van der Waals surface area contributed by atoms with Gasteiger partial charge in [-0.1, -0.05) is 0 Å². The molecule has 0 aromatic carbocycles. The smallest absolute Gasteiger partial charge is 0.0477 e. The topological polar surface area (TPSA) is 21.3 Å². The second-order valence-corrected chi connectivity index (χ2v) is 4.99. The standard InChI is InChI=1S/C12H21NOS/c1-4-14-9-5-8-13-11(3)12-7-6-10(2)15-12/h6-7,11,13H,4-5,8-9H2,1-3H3. The maximum absolute atomic E-state index is 5.29. The highest BCUT2D eigenvalue weighted by Gasteiger charge is 2.05. The van der Waals surface area contributed by atoms with Gasteiger partial charge in [0.05, 0.1) is 0 Å². The van der Waals surface area contributed by atoms with Gasteiger partial charge < -0.3 is 10.1 Å². The van der Waals surface area contributed by atoms with E-state index in [1.54, 1.807) is 0 Å². The number of aryl methyl sites for hydroxylation is 1. The van der Waals surface area contributed by atoms with Gasteiger partial charge in [0.25, 0.3) is 0 Å². The molecular formula is C12H21NOS. The molecule has 15 heavy (non-hydrogen) atoms. The van der Waals surface area contributed by atoms with Gasteiger partial charge in [-0.25, -0.2) is 0 Å². The molecule has 1 N–H and O–H groups in total. The van der Waals surface area contributed by atoms with Crippen LogP contribution in [0.25, 0.3) is 0 Å². The lowest BCUT2D eigenvalue weighted by Gasteiger charge is -2.11. The summed E-state index contributed by atoms with van der Waals surface area (Å²) in [5, 5.41) is 3.50. The minimum atomic E-state index is 0.463. The highest BCUT2D eigenvalue weighted by molar-refractivity contribution is 7.12. The Morgan fingerprint density at radius 2 is 2.27 bits per heavy atom. The van der Waals surface area contributed by atoms with Crippen LogP contribution in [0.4, 0.5) is 0 Å². The van der Waals surface area contributed by atoms with Crippen LogP contribution in [0.1, 0.15) is 36.1 Å². The number of hydrogen-bond acceptors (Lipinski definition) is 3. The third-order valence-corrected chi connectivity index (χ3v) is 3.49.